The van der Waals surface area contributed by atoms with Gasteiger partial charge in [0.2, 0.25) is 11.8 Å². The summed E-state index contributed by atoms with van der Waals surface area (Å²) in [7, 11) is -4.27. The zero-order valence-corrected chi connectivity index (χ0v) is 20.8. The van der Waals surface area contributed by atoms with Gasteiger partial charge in [0.05, 0.1) is 25.3 Å². The van der Waals surface area contributed by atoms with Gasteiger partial charge in [0.1, 0.15) is 0 Å². The Morgan fingerprint density at radius 1 is 1.06 bits per heavy atom. The summed E-state index contributed by atoms with van der Waals surface area (Å²) in [5.41, 5.74) is 0. The van der Waals surface area contributed by atoms with Crippen LogP contribution in [0.25, 0.3) is 0 Å². The molecule has 2 heterocycles. The summed E-state index contributed by atoms with van der Waals surface area (Å²) in [6.07, 6.45) is 5.92. The Bertz CT molecular complexity index is 699. The van der Waals surface area contributed by atoms with Crippen LogP contribution >= 0.6 is 19.6 Å². The first-order valence-corrected chi connectivity index (χ1v) is 14.1. The van der Waals surface area contributed by atoms with Gasteiger partial charge in [-0.3, -0.25) is 14.2 Å². The maximum absolute atomic E-state index is 12.0. The van der Waals surface area contributed by atoms with Crippen molar-refractivity contribution in [1.82, 2.24) is 21.3 Å². The first kappa shape index (κ1) is 27.9. The molecule has 0 spiro atoms. The topological polar surface area (TPSA) is 158 Å². The third-order valence-corrected chi connectivity index (χ3v) is 8.03. The highest BCUT2D eigenvalue weighted by molar-refractivity contribution is 8.00. The van der Waals surface area contributed by atoms with E-state index in [1.54, 1.807) is 6.92 Å². The van der Waals surface area contributed by atoms with Crippen molar-refractivity contribution in [3.8, 4) is 0 Å². The number of phosphoric acid groups is 1. The number of unbranched alkanes of at least 4 members (excludes halogenated alkanes) is 3. The van der Waals surface area contributed by atoms with E-state index in [0.717, 1.165) is 37.9 Å². The highest BCUT2D eigenvalue weighted by Gasteiger charge is 2.42. The van der Waals surface area contributed by atoms with E-state index in [0.29, 0.717) is 31.1 Å². The standard InChI is InChI=1S/C20H37N4O7PS/c1-2-30-32(28,29)31-13-12-22-18(26)9-4-3-7-11-21-17(25)10-6-5-8-16-19-15(14-33-16)23-20(27)24-19/h15-16,19H,2-14H2,1H3,(H,21,25)(H,22,26)(H,28,29)(H2,23,24,27)/p-1/t15-,16?,19-/m0/s1. The highest BCUT2D eigenvalue weighted by atomic mass is 32.2. The Morgan fingerprint density at radius 3 is 2.48 bits per heavy atom. The van der Waals surface area contributed by atoms with Gasteiger partial charge in [-0.2, -0.15) is 11.8 Å². The van der Waals surface area contributed by atoms with E-state index in [9.17, 15) is 23.8 Å². The summed E-state index contributed by atoms with van der Waals surface area (Å²) in [4.78, 5) is 46.3. The number of phosphoric ester groups is 1. The number of thioether (sulfide) groups is 1. The Kier molecular flexibility index (Phi) is 12.5. The fourth-order valence-corrected chi connectivity index (χ4v) is 6.06. The molecule has 33 heavy (non-hydrogen) atoms. The first-order valence-electron chi connectivity index (χ1n) is 11.6. The molecule has 190 valence electrons. The molecular formula is C20H36N4O7PS-. The monoisotopic (exact) mass is 507 g/mol. The van der Waals surface area contributed by atoms with Crippen molar-refractivity contribution in [2.75, 3.05) is 32.1 Å². The summed E-state index contributed by atoms with van der Waals surface area (Å²) in [6.45, 7) is 2.08. The molecule has 13 heteroatoms. The molecule has 4 atom stereocenters. The molecule has 0 saturated carbocycles. The van der Waals surface area contributed by atoms with Gasteiger partial charge in [-0.05, 0) is 32.6 Å². The number of fused-ring (bicyclic) bond motifs is 1. The van der Waals surface area contributed by atoms with Gasteiger partial charge >= 0.3 is 6.03 Å². The zero-order chi connectivity index (χ0) is 24.1. The molecule has 11 nitrogen and oxygen atoms in total. The summed E-state index contributed by atoms with van der Waals surface area (Å²) in [5.74, 6) is 0.826. The molecular weight excluding hydrogens is 471 g/mol. The van der Waals surface area contributed by atoms with E-state index in [-0.39, 0.29) is 49.7 Å². The van der Waals surface area contributed by atoms with Gasteiger partial charge in [-0.1, -0.05) is 12.8 Å². The van der Waals surface area contributed by atoms with Crippen LogP contribution in [0.4, 0.5) is 4.79 Å². The second kappa shape index (κ2) is 14.8. The molecule has 0 aromatic carbocycles. The second-order valence-electron chi connectivity index (χ2n) is 8.08. The second-order valence-corrected chi connectivity index (χ2v) is 10.8. The van der Waals surface area contributed by atoms with Crippen LogP contribution in [-0.4, -0.2) is 67.2 Å². The van der Waals surface area contributed by atoms with E-state index in [2.05, 4.69) is 30.3 Å². The summed E-state index contributed by atoms with van der Waals surface area (Å²) < 4.78 is 20.2. The van der Waals surface area contributed by atoms with E-state index in [1.807, 2.05) is 11.8 Å². The molecule has 0 aromatic heterocycles. The molecule has 0 aromatic rings. The van der Waals surface area contributed by atoms with Crippen molar-refractivity contribution >= 4 is 37.4 Å². The lowest BCUT2D eigenvalue weighted by molar-refractivity contribution is -0.224. The van der Waals surface area contributed by atoms with E-state index in [4.69, 9.17) is 0 Å². The van der Waals surface area contributed by atoms with Gasteiger partial charge in [0, 0.05) is 36.9 Å². The highest BCUT2D eigenvalue weighted by Crippen LogP contribution is 2.37. The van der Waals surface area contributed by atoms with Crippen LogP contribution in [-0.2, 0) is 23.2 Å². The van der Waals surface area contributed by atoms with E-state index in [1.165, 1.54) is 0 Å². The van der Waals surface area contributed by atoms with Gasteiger partial charge < -0.3 is 35.2 Å². The zero-order valence-electron chi connectivity index (χ0n) is 19.1. The Morgan fingerprint density at radius 2 is 1.76 bits per heavy atom. The number of amides is 4. The van der Waals surface area contributed by atoms with E-state index < -0.39 is 7.82 Å². The lowest BCUT2D eigenvalue weighted by Gasteiger charge is -2.21. The lowest BCUT2D eigenvalue weighted by Crippen LogP contribution is -2.36. The molecule has 4 amide bonds. The number of hydrogen-bond donors (Lipinski definition) is 4. The molecule has 0 radical (unpaired) electrons. The third kappa shape index (κ3) is 11.1. The Balaban J connectivity index is 1.38. The lowest BCUT2D eigenvalue weighted by atomic mass is 10.0. The van der Waals surface area contributed by atoms with Crippen molar-refractivity contribution in [3.05, 3.63) is 0 Å². The molecule has 2 saturated heterocycles. The smallest absolute Gasteiger partial charge is 0.315 e. The number of carbonyl (C=O) groups is 3. The minimum absolute atomic E-state index is 0.00798. The van der Waals surface area contributed by atoms with Gasteiger partial charge in [0.15, 0.2) is 0 Å². The quantitative estimate of drug-likeness (QED) is 0.129. The molecule has 2 aliphatic rings. The van der Waals surface area contributed by atoms with Crippen molar-refractivity contribution in [2.45, 2.75) is 75.6 Å². The fraction of sp³-hybridized carbons (Fsp3) is 0.850. The fourth-order valence-electron chi connectivity index (χ4n) is 3.81. The average molecular weight is 508 g/mol. The van der Waals surface area contributed by atoms with Crippen molar-refractivity contribution in [1.29, 1.82) is 0 Å². The molecule has 0 bridgehead atoms. The van der Waals surface area contributed by atoms with Crippen LogP contribution in [0.5, 0.6) is 0 Å². The number of urea groups is 1. The van der Waals surface area contributed by atoms with Crippen molar-refractivity contribution < 1.29 is 32.9 Å². The number of hydrogen-bond acceptors (Lipinski definition) is 8. The predicted molar refractivity (Wildman–Crippen MR) is 124 cm³/mol. The van der Waals surface area contributed by atoms with Gasteiger partial charge in [-0.25, -0.2) is 4.79 Å². The molecule has 0 aliphatic carbocycles. The van der Waals surface area contributed by atoms with Crippen LogP contribution in [0.1, 0.15) is 58.3 Å². The molecule has 2 unspecified atom stereocenters. The number of carbonyl (C=O) groups excluding carboxylic acids is 3. The van der Waals surface area contributed by atoms with E-state index >= 15 is 0 Å². The summed E-state index contributed by atoms with van der Waals surface area (Å²) in [6, 6.07) is 0.375. The predicted octanol–water partition coefficient (Wildman–Crippen LogP) is 1.03. The first-order chi connectivity index (χ1) is 15.8. The van der Waals surface area contributed by atoms with Gasteiger partial charge in [-0.15, -0.1) is 0 Å². The Labute approximate surface area is 199 Å². The number of rotatable bonds is 17. The molecule has 4 N–H and O–H groups in total. The largest absolute Gasteiger partial charge is 0.756 e. The van der Waals surface area contributed by atoms with Crippen LogP contribution in [0.3, 0.4) is 0 Å². The maximum atomic E-state index is 12.0. The average Bonchev–Trinajstić information content (AvgIpc) is 3.30. The van der Waals surface area contributed by atoms with Crippen LogP contribution < -0.4 is 26.2 Å². The minimum Gasteiger partial charge on any atom is -0.756 e. The van der Waals surface area contributed by atoms with Gasteiger partial charge in [0.25, 0.3) is 7.82 Å². The van der Waals surface area contributed by atoms with Crippen molar-refractivity contribution in [2.24, 2.45) is 0 Å². The van der Waals surface area contributed by atoms with Crippen LogP contribution in [0.15, 0.2) is 0 Å². The summed E-state index contributed by atoms with van der Waals surface area (Å²) >= 11 is 1.89. The third-order valence-electron chi connectivity index (χ3n) is 5.44. The maximum Gasteiger partial charge on any atom is 0.315 e. The Hall–Kier alpha value is -1.33. The summed E-state index contributed by atoms with van der Waals surface area (Å²) in [5, 5.41) is 11.8. The number of nitrogens with one attached hydrogen (secondary N) is 4. The SMILES string of the molecule is CCOP(=O)([O-])OCCNC(=O)CCCCCNC(=O)CCCCC1SC[C@@H]2NC(=O)N[C@H]12. The molecule has 2 fully saturated rings. The molecule has 2 aliphatic heterocycles. The van der Waals surface area contributed by atoms with Crippen molar-refractivity contribution in [3.63, 3.8) is 0 Å². The van der Waals surface area contributed by atoms with Crippen LogP contribution in [0, 0.1) is 0 Å². The normalized spacial score (nSPS) is 23.3. The minimum atomic E-state index is -4.27. The van der Waals surface area contributed by atoms with Crippen LogP contribution in [0.2, 0.25) is 0 Å². The molecule has 2 rings (SSSR count).